The van der Waals surface area contributed by atoms with Crippen molar-refractivity contribution in [3.05, 3.63) is 41.6 Å². The number of fused-ring (bicyclic) bond motifs is 1. The molecule has 27 heavy (non-hydrogen) atoms. The molecule has 1 amide bonds. The van der Waals surface area contributed by atoms with Crippen molar-refractivity contribution in [2.75, 3.05) is 6.54 Å². The van der Waals surface area contributed by atoms with E-state index in [1.807, 2.05) is 6.07 Å². The van der Waals surface area contributed by atoms with Crippen molar-refractivity contribution in [1.29, 1.82) is 0 Å². The van der Waals surface area contributed by atoms with Crippen LogP contribution in [-0.4, -0.2) is 17.4 Å². The maximum atomic E-state index is 12.8. The third-order valence-corrected chi connectivity index (χ3v) is 7.37. The van der Waals surface area contributed by atoms with Gasteiger partial charge in [0.05, 0.1) is 5.52 Å². The lowest BCUT2D eigenvalue weighted by molar-refractivity contribution is -0.00453. The first kappa shape index (κ1) is 17.2. The molecule has 142 valence electrons. The Balaban J connectivity index is 1.58. The van der Waals surface area contributed by atoms with Crippen LogP contribution < -0.4 is 5.32 Å². The highest BCUT2D eigenvalue weighted by molar-refractivity contribution is 5.96. The van der Waals surface area contributed by atoms with Crippen LogP contribution in [0.1, 0.15) is 74.3 Å². The lowest BCUT2D eigenvalue weighted by Crippen LogP contribution is -2.48. The molecular weight excluding hydrogens is 332 g/mol. The molecule has 0 aliphatic heterocycles. The molecule has 4 aliphatic carbocycles. The van der Waals surface area contributed by atoms with Gasteiger partial charge in [-0.15, -0.1) is 0 Å². The number of rotatable bonds is 5. The Bertz CT molecular complexity index is 837. The molecular formula is C24H30N2O. The van der Waals surface area contributed by atoms with Crippen molar-refractivity contribution in [3.8, 4) is 0 Å². The second-order valence-corrected chi connectivity index (χ2v) is 9.38. The number of carbonyl (C=O) groups is 1. The first-order valence-electron chi connectivity index (χ1n) is 10.9. The molecule has 1 aromatic heterocycles. The van der Waals surface area contributed by atoms with Crippen LogP contribution in [0.2, 0.25) is 0 Å². The molecule has 3 heteroatoms. The molecule has 4 saturated carbocycles. The Hall–Kier alpha value is -1.90. The summed E-state index contributed by atoms with van der Waals surface area (Å²) < 4.78 is 0. The minimum absolute atomic E-state index is 0.0137. The van der Waals surface area contributed by atoms with E-state index in [4.69, 9.17) is 4.98 Å². The van der Waals surface area contributed by atoms with E-state index >= 15 is 0 Å². The quantitative estimate of drug-likeness (QED) is 0.740. The first-order chi connectivity index (χ1) is 13.2. The molecule has 2 aromatic rings. The van der Waals surface area contributed by atoms with Gasteiger partial charge in [-0.25, -0.2) is 4.98 Å². The van der Waals surface area contributed by atoms with E-state index < -0.39 is 0 Å². The summed E-state index contributed by atoms with van der Waals surface area (Å²) in [6, 6.07) is 10.6. The number of nitrogens with one attached hydrogen (secondary N) is 1. The number of benzene rings is 1. The number of amides is 1. The molecule has 1 heterocycles. The molecule has 4 fully saturated rings. The highest BCUT2D eigenvalue weighted by atomic mass is 16.1. The summed E-state index contributed by atoms with van der Waals surface area (Å²) in [5.41, 5.74) is 3.27. The van der Waals surface area contributed by atoms with Crippen molar-refractivity contribution in [3.63, 3.8) is 0 Å². The summed E-state index contributed by atoms with van der Waals surface area (Å²) in [5.74, 6) is 2.67. The second-order valence-electron chi connectivity index (χ2n) is 9.38. The van der Waals surface area contributed by atoms with Gasteiger partial charge in [-0.2, -0.15) is 0 Å². The molecule has 0 saturated heterocycles. The van der Waals surface area contributed by atoms with Gasteiger partial charge in [-0.3, -0.25) is 4.79 Å². The monoisotopic (exact) mass is 362 g/mol. The van der Waals surface area contributed by atoms with Crippen LogP contribution in [0.25, 0.3) is 10.9 Å². The second kappa shape index (κ2) is 6.61. The lowest BCUT2D eigenvalue weighted by Gasteiger charge is -2.57. The molecule has 0 unspecified atom stereocenters. The van der Waals surface area contributed by atoms with E-state index in [0.717, 1.165) is 42.7 Å². The van der Waals surface area contributed by atoms with Gasteiger partial charge >= 0.3 is 0 Å². The topological polar surface area (TPSA) is 42.0 Å². The van der Waals surface area contributed by atoms with Gasteiger partial charge in [0.1, 0.15) is 5.69 Å². The van der Waals surface area contributed by atoms with E-state index in [2.05, 4.69) is 36.5 Å². The predicted molar refractivity (Wildman–Crippen MR) is 109 cm³/mol. The smallest absolute Gasteiger partial charge is 0.269 e. The fourth-order valence-corrected chi connectivity index (χ4v) is 6.64. The summed E-state index contributed by atoms with van der Waals surface area (Å²) in [6.45, 7) is 2.88. The van der Waals surface area contributed by atoms with Crippen molar-refractivity contribution in [1.82, 2.24) is 10.3 Å². The number of aromatic nitrogens is 1. The number of hydrogen-bond donors (Lipinski definition) is 1. The molecule has 4 bridgehead atoms. The third kappa shape index (κ3) is 2.96. The third-order valence-electron chi connectivity index (χ3n) is 7.37. The maximum absolute atomic E-state index is 12.8. The summed E-state index contributed by atoms with van der Waals surface area (Å²) >= 11 is 0. The Kier molecular flexibility index (Phi) is 4.22. The summed E-state index contributed by atoms with van der Waals surface area (Å²) in [7, 11) is 0. The van der Waals surface area contributed by atoms with Crippen molar-refractivity contribution >= 4 is 16.8 Å². The van der Waals surface area contributed by atoms with Crippen molar-refractivity contribution in [2.45, 2.75) is 63.7 Å². The van der Waals surface area contributed by atoms with E-state index in [0.29, 0.717) is 5.69 Å². The van der Waals surface area contributed by atoms with Crippen LogP contribution in [0.15, 0.2) is 30.3 Å². The van der Waals surface area contributed by atoms with Crippen molar-refractivity contribution in [2.24, 2.45) is 17.8 Å². The molecule has 0 radical (unpaired) electrons. The number of pyridine rings is 1. The van der Waals surface area contributed by atoms with Crippen LogP contribution in [0.4, 0.5) is 0 Å². The number of para-hydroxylation sites is 1. The van der Waals surface area contributed by atoms with Crippen LogP contribution in [0, 0.1) is 17.8 Å². The number of hydrogen-bond acceptors (Lipinski definition) is 2. The van der Waals surface area contributed by atoms with Crippen molar-refractivity contribution < 1.29 is 4.79 Å². The van der Waals surface area contributed by atoms with E-state index in [-0.39, 0.29) is 11.3 Å². The Morgan fingerprint density at radius 1 is 1.11 bits per heavy atom. The average molecular weight is 363 g/mol. The highest BCUT2D eigenvalue weighted by Gasteiger charge is 2.52. The Morgan fingerprint density at radius 3 is 2.44 bits per heavy atom. The van der Waals surface area contributed by atoms with Crippen LogP contribution in [0.5, 0.6) is 0 Å². The largest absolute Gasteiger partial charge is 0.351 e. The standard InChI is InChI=1S/C24H30N2O/c1-2-3-8-25-23(27)22-12-20(19-6-4-5-7-21(19)26-22)24-13-16-9-17(14-24)11-18(10-16)15-24/h4-7,12,16-18H,2-3,8-11,13-15H2,1H3,(H,25,27). The molecule has 0 spiro atoms. The number of unbranched alkanes of at least 4 members (excludes halogenated alkanes) is 1. The molecule has 1 N–H and O–H groups in total. The van der Waals surface area contributed by atoms with Gasteiger partial charge in [0.15, 0.2) is 0 Å². The lowest BCUT2D eigenvalue weighted by atomic mass is 9.48. The maximum Gasteiger partial charge on any atom is 0.269 e. The zero-order valence-corrected chi connectivity index (χ0v) is 16.3. The predicted octanol–water partition coefficient (Wildman–Crippen LogP) is 5.23. The molecule has 6 rings (SSSR count). The Labute approximate surface area is 162 Å². The van der Waals surface area contributed by atoms with E-state index in [1.54, 1.807) is 0 Å². The van der Waals surface area contributed by atoms with E-state index in [1.165, 1.54) is 49.5 Å². The van der Waals surface area contributed by atoms with E-state index in [9.17, 15) is 4.79 Å². The van der Waals surface area contributed by atoms with Gasteiger partial charge in [0.2, 0.25) is 0 Å². The first-order valence-corrected chi connectivity index (χ1v) is 10.9. The molecule has 0 atom stereocenters. The minimum Gasteiger partial charge on any atom is -0.351 e. The van der Waals surface area contributed by atoms with Gasteiger partial charge in [-0.05, 0) is 85.8 Å². The Morgan fingerprint density at radius 2 is 1.78 bits per heavy atom. The molecule has 1 aromatic carbocycles. The SMILES string of the molecule is CCCCNC(=O)c1cc(C23CC4CC(CC(C4)C2)C3)c2ccccc2n1. The van der Waals surface area contributed by atoms with Gasteiger partial charge in [0.25, 0.3) is 5.91 Å². The van der Waals surface area contributed by atoms with Gasteiger partial charge in [-0.1, -0.05) is 31.5 Å². The summed E-state index contributed by atoms with van der Waals surface area (Å²) in [5, 5.41) is 4.33. The fraction of sp³-hybridized carbons (Fsp3) is 0.583. The summed E-state index contributed by atoms with van der Waals surface area (Å²) in [6.07, 6.45) is 10.3. The van der Waals surface area contributed by atoms with Crippen LogP contribution in [-0.2, 0) is 5.41 Å². The average Bonchev–Trinajstić information content (AvgIpc) is 2.66. The zero-order valence-electron chi connectivity index (χ0n) is 16.3. The molecule has 4 aliphatic rings. The van der Waals surface area contributed by atoms with Crippen LogP contribution >= 0.6 is 0 Å². The highest BCUT2D eigenvalue weighted by Crippen LogP contribution is 2.61. The van der Waals surface area contributed by atoms with Gasteiger partial charge in [0, 0.05) is 11.9 Å². The minimum atomic E-state index is -0.0137. The zero-order chi connectivity index (χ0) is 18.4. The fourth-order valence-electron chi connectivity index (χ4n) is 6.64. The normalized spacial score (nSPS) is 31.4. The molecule has 3 nitrogen and oxygen atoms in total. The number of carbonyl (C=O) groups excluding carboxylic acids is 1. The van der Waals surface area contributed by atoms with Gasteiger partial charge < -0.3 is 5.32 Å². The number of nitrogens with zero attached hydrogens (tertiary/aromatic N) is 1. The van der Waals surface area contributed by atoms with Crippen LogP contribution in [0.3, 0.4) is 0 Å². The summed E-state index contributed by atoms with van der Waals surface area (Å²) in [4.78, 5) is 17.5.